The number of furan rings is 1. The summed E-state index contributed by atoms with van der Waals surface area (Å²) in [6, 6.07) is 65.3. The van der Waals surface area contributed by atoms with E-state index in [9.17, 15) is 0 Å². The van der Waals surface area contributed by atoms with Crippen molar-refractivity contribution in [2.24, 2.45) is 0 Å². The number of benzene rings is 9. The molecule has 0 radical (unpaired) electrons. The number of nitrogens with one attached hydrogen (secondary N) is 1. The number of rotatable bonds is 5. The van der Waals surface area contributed by atoms with Gasteiger partial charge in [-0.1, -0.05) is 121 Å². The van der Waals surface area contributed by atoms with Crippen molar-refractivity contribution in [1.29, 1.82) is 0 Å². The zero-order valence-corrected chi connectivity index (χ0v) is 27.2. The van der Waals surface area contributed by atoms with Crippen molar-refractivity contribution < 1.29 is 4.42 Å². The third-order valence-electron chi connectivity index (χ3n) is 9.96. The standard InChI is InChI=1S/C48H31NO/c1-3-11-33-23-37(19-17-31(33)9-1)40-25-41(38-21-22-44-45-28-35-13-5-6-14-36(35)29-48(45)50-47(44)30-38)27-42(26-40)49-46-16-8-7-15-43(46)39-20-18-32-10-2-4-12-34(32)24-39/h1-30,49H. The fraction of sp³-hybridized carbons (Fsp3) is 0. The largest absolute Gasteiger partial charge is 0.456 e. The van der Waals surface area contributed by atoms with Crippen LogP contribution in [0.15, 0.2) is 186 Å². The van der Waals surface area contributed by atoms with Crippen molar-refractivity contribution in [3.8, 4) is 33.4 Å². The van der Waals surface area contributed by atoms with Gasteiger partial charge < -0.3 is 9.73 Å². The smallest absolute Gasteiger partial charge is 0.136 e. The Morgan fingerprint density at radius 3 is 1.56 bits per heavy atom. The van der Waals surface area contributed by atoms with Crippen molar-refractivity contribution >= 4 is 65.6 Å². The van der Waals surface area contributed by atoms with Crippen LogP contribution in [0, 0.1) is 0 Å². The summed E-state index contributed by atoms with van der Waals surface area (Å²) >= 11 is 0. The summed E-state index contributed by atoms with van der Waals surface area (Å²) in [5, 5.41) is 13.4. The van der Waals surface area contributed by atoms with Crippen LogP contribution >= 0.6 is 0 Å². The zero-order valence-electron chi connectivity index (χ0n) is 27.2. The van der Waals surface area contributed by atoms with E-state index in [1.54, 1.807) is 0 Å². The van der Waals surface area contributed by atoms with Crippen molar-refractivity contribution in [3.05, 3.63) is 182 Å². The molecule has 2 heteroatoms. The molecule has 0 saturated heterocycles. The van der Waals surface area contributed by atoms with Gasteiger partial charge in [-0.25, -0.2) is 0 Å². The molecule has 0 unspecified atom stereocenters. The SMILES string of the molecule is c1ccc(-c2ccc3ccccc3c2)c(Nc2cc(-c3ccc4ccccc4c3)cc(-c3ccc4c(c3)oc3cc5ccccc5cc34)c2)c1. The Morgan fingerprint density at radius 2 is 0.840 bits per heavy atom. The Hall–Kier alpha value is -6.64. The van der Waals surface area contributed by atoms with Crippen LogP contribution in [-0.2, 0) is 0 Å². The summed E-state index contributed by atoms with van der Waals surface area (Å²) < 4.78 is 6.49. The highest BCUT2D eigenvalue weighted by Crippen LogP contribution is 2.39. The van der Waals surface area contributed by atoms with Crippen LogP contribution in [0.25, 0.3) is 87.6 Å². The van der Waals surface area contributed by atoms with E-state index >= 15 is 0 Å². The summed E-state index contributed by atoms with van der Waals surface area (Å²) in [6.07, 6.45) is 0. The van der Waals surface area contributed by atoms with Crippen LogP contribution < -0.4 is 5.32 Å². The van der Waals surface area contributed by atoms with Crippen LogP contribution in [0.4, 0.5) is 11.4 Å². The molecule has 50 heavy (non-hydrogen) atoms. The lowest BCUT2D eigenvalue weighted by Crippen LogP contribution is -1.95. The number of hydrogen-bond donors (Lipinski definition) is 1. The molecule has 0 bridgehead atoms. The highest BCUT2D eigenvalue weighted by molar-refractivity contribution is 6.10. The molecule has 0 aliphatic heterocycles. The molecule has 9 aromatic carbocycles. The lowest BCUT2D eigenvalue weighted by atomic mass is 9.95. The van der Waals surface area contributed by atoms with E-state index in [1.165, 1.54) is 43.4 Å². The van der Waals surface area contributed by atoms with E-state index in [1.807, 2.05) is 0 Å². The Bertz CT molecular complexity index is 2910. The molecule has 1 aromatic heterocycles. The topological polar surface area (TPSA) is 25.2 Å². The molecule has 0 atom stereocenters. The number of hydrogen-bond acceptors (Lipinski definition) is 2. The summed E-state index contributed by atoms with van der Waals surface area (Å²) in [4.78, 5) is 0. The van der Waals surface area contributed by atoms with Crippen molar-refractivity contribution in [3.63, 3.8) is 0 Å². The maximum Gasteiger partial charge on any atom is 0.136 e. The molecule has 0 saturated carbocycles. The lowest BCUT2D eigenvalue weighted by molar-refractivity contribution is 0.669. The quantitative estimate of drug-likeness (QED) is 0.203. The van der Waals surface area contributed by atoms with Crippen LogP contribution in [0.1, 0.15) is 0 Å². The zero-order chi connectivity index (χ0) is 33.0. The monoisotopic (exact) mass is 637 g/mol. The Morgan fingerprint density at radius 1 is 0.320 bits per heavy atom. The van der Waals surface area contributed by atoms with Crippen LogP contribution in [0.5, 0.6) is 0 Å². The van der Waals surface area contributed by atoms with Crippen molar-refractivity contribution in [1.82, 2.24) is 0 Å². The van der Waals surface area contributed by atoms with Gasteiger partial charge >= 0.3 is 0 Å². The summed E-state index contributed by atoms with van der Waals surface area (Å²) in [5.41, 5.74) is 10.8. The number of fused-ring (bicyclic) bond motifs is 6. The average molecular weight is 638 g/mol. The summed E-state index contributed by atoms with van der Waals surface area (Å²) in [5.74, 6) is 0. The highest BCUT2D eigenvalue weighted by atomic mass is 16.3. The molecule has 0 aliphatic carbocycles. The average Bonchev–Trinajstić information content (AvgIpc) is 3.53. The van der Waals surface area contributed by atoms with Gasteiger partial charge in [-0.15, -0.1) is 0 Å². The van der Waals surface area contributed by atoms with Crippen molar-refractivity contribution in [2.75, 3.05) is 5.32 Å². The fourth-order valence-corrected chi connectivity index (χ4v) is 7.40. The minimum Gasteiger partial charge on any atom is -0.456 e. The van der Waals surface area contributed by atoms with Gasteiger partial charge in [0, 0.05) is 27.7 Å². The molecule has 0 fully saturated rings. The van der Waals surface area contributed by atoms with Crippen LogP contribution in [0.2, 0.25) is 0 Å². The predicted octanol–water partition coefficient (Wildman–Crippen LogP) is 13.8. The van der Waals surface area contributed by atoms with E-state index < -0.39 is 0 Å². The summed E-state index contributed by atoms with van der Waals surface area (Å²) in [7, 11) is 0. The van der Waals surface area contributed by atoms with E-state index in [0.717, 1.165) is 55.6 Å². The van der Waals surface area contributed by atoms with E-state index in [0.29, 0.717) is 0 Å². The molecule has 10 aromatic rings. The van der Waals surface area contributed by atoms with Gasteiger partial charge in [0.1, 0.15) is 11.2 Å². The second-order valence-electron chi connectivity index (χ2n) is 13.1. The molecule has 0 aliphatic rings. The van der Waals surface area contributed by atoms with Gasteiger partial charge in [0.2, 0.25) is 0 Å². The van der Waals surface area contributed by atoms with Crippen LogP contribution in [-0.4, -0.2) is 0 Å². The van der Waals surface area contributed by atoms with Gasteiger partial charge in [-0.05, 0) is 121 Å². The molecular weight excluding hydrogens is 607 g/mol. The first-order valence-corrected chi connectivity index (χ1v) is 17.1. The van der Waals surface area contributed by atoms with Crippen LogP contribution in [0.3, 0.4) is 0 Å². The normalized spacial score (nSPS) is 11.6. The van der Waals surface area contributed by atoms with Crippen molar-refractivity contribution in [2.45, 2.75) is 0 Å². The molecular formula is C48H31NO. The van der Waals surface area contributed by atoms with Gasteiger partial charge in [0.25, 0.3) is 0 Å². The summed E-state index contributed by atoms with van der Waals surface area (Å²) in [6.45, 7) is 0. The minimum atomic E-state index is 0.889. The third-order valence-corrected chi connectivity index (χ3v) is 9.96. The fourth-order valence-electron chi connectivity index (χ4n) is 7.40. The molecule has 1 N–H and O–H groups in total. The highest BCUT2D eigenvalue weighted by Gasteiger charge is 2.13. The van der Waals surface area contributed by atoms with Gasteiger partial charge in [-0.2, -0.15) is 0 Å². The molecule has 0 spiro atoms. The Kier molecular flexibility index (Phi) is 6.53. The number of anilines is 2. The second kappa shape index (κ2) is 11.5. The van der Waals surface area contributed by atoms with E-state index in [4.69, 9.17) is 4.42 Å². The number of para-hydroxylation sites is 1. The van der Waals surface area contributed by atoms with Gasteiger partial charge in [0.15, 0.2) is 0 Å². The maximum absolute atomic E-state index is 6.49. The minimum absolute atomic E-state index is 0.889. The first kappa shape index (κ1) is 28.4. The molecule has 2 nitrogen and oxygen atoms in total. The molecule has 234 valence electrons. The van der Waals surface area contributed by atoms with Gasteiger partial charge in [0.05, 0.1) is 0 Å². The van der Waals surface area contributed by atoms with Gasteiger partial charge in [-0.3, -0.25) is 0 Å². The first-order valence-electron chi connectivity index (χ1n) is 17.1. The lowest BCUT2D eigenvalue weighted by Gasteiger charge is -2.16. The maximum atomic E-state index is 6.49. The predicted molar refractivity (Wildman–Crippen MR) is 212 cm³/mol. The molecule has 10 rings (SSSR count). The molecule has 0 amide bonds. The third kappa shape index (κ3) is 4.98. The van der Waals surface area contributed by atoms with E-state index in [-0.39, 0.29) is 0 Å². The molecule has 1 heterocycles. The first-order chi connectivity index (χ1) is 24.7. The Balaban J connectivity index is 1.11. The Labute approximate surface area is 289 Å². The van der Waals surface area contributed by atoms with E-state index in [2.05, 4.69) is 187 Å². The second-order valence-corrected chi connectivity index (χ2v) is 13.1.